The Morgan fingerprint density at radius 1 is 1.07 bits per heavy atom. The highest BCUT2D eigenvalue weighted by Gasteiger charge is 2.12. The molecular formula is C22H20ClN5OS. The number of hydrogen-bond donors (Lipinski definition) is 3. The van der Waals surface area contributed by atoms with Gasteiger partial charge in [-0.25, -0.2) is 9.97 Å². The highest BCUT2D eigenvalue weighted by molar-refractivity contribution is 7.19. The Hall–Kier alpha value is -3.00. The third-order valence-corrected chi connectivity index (χ3v) is 6.32. The van der Waals surface area contributed by atoms with Gasteiger partial charge < -0.3 is 16.4 Å². The molecule has 0 atom stereocenters. The minimum atomic E-state index is -0.141. The molecule has 8 heteroatoms. The van der Waals surface area contributed by atoms with E-state index in [1.165, 1.54) is 6.33 Å². The van der Waals surface area contributed by atoms with E-state index in [0.717, 1.165) is 26.2 Å². The summed E-state index contributed by atoms with van der Waals surface area (Å²) in [5.74, 6) is 0.553. The summed E-state index contributed by atoms with van der Waals surface area (Å²) in [6.45, 7) is 1.28. The number of hydrogen-bond acceptors (Lipinski definition) is 6. The molecule has 30 heavy (non-hydrogen) atoms. The van der Waals surface area contributed by atoms with Gasteiger partial charge in [0.25, 0.3) is 5.91 Å². The minimum Gasteiger partial charge on any atom is -0.366 e. The van der Waals surface area contributed by atoms with Crippen molar-refractivity contribution >= 4 is 44.7 Å². The summed E-state index contributed by atoms with van der Waals surface area (Å²) in [7, 11) is 0. The van der Waals surface area contributed by atoms with Crippen LogP contribution in [0.5, 0.6) is 0 Å². The summed E-state index contributed by atoms with van der Waals surface area (Å²) in [5.41, 5.74) is 7.94. The van der Waals surface area contributed by atoms with E-state index in [1.807, 2.05) is 48.5 Å². The second-order valence-electron chi connectivity index (χ2n) is 6.67. The number of thiophene rings is 1. The monoisotopic (exact) mass is 437 g/mol. The number of rotatable bonds is 7. The quantitative estimate of drug-likeness (QED) is 0.399. The number of amides is 1. The molecule has 152 valence electrons. The lowest BCUT2D eigenvalue weighted by Gasteiger charge is -2.09. The number of carbonyl (C=O) groups is 1. The van der Waals surface area contributed by atoms with E-state index in [9.17, 15) is 4.79 Å². The Morgan fingerprint density at radius 3 is 2.77 bits per heavy atom. The SMILES string of the molecule is NCc1cc(NCc2cccc(C(=O)NCc3sc4ccccc4c3Cl)c2)ncn1. The number of carbonyl (C=O) groups excluding carboxylic acids is 1. The van der Waals surface area contributed by atoms with Crippen LogP contribution in [0.4, 0.5) is 5.82 Å². The van der Waals surface area contributed by atoms with E-state index in [4.69, 9.17) is 17.3 Å². The van der Waals surface area contributed by atoms with E-state index in [2.05, 4.69) is 20.6 Å². The molecule has 0 aliphatic heterocycles. The molecule has 0 aliphatic rings. The van der Waals surface area contributed by atoms with Crippen LogP contribution in [0.25, 0.3) is 10.1 Å². The largest absolute Gasteiger partial charge is 0.366 e. The summed E-state index contributed by atoms with van der Waals surface area (Å²) in [6.07, 6.45) is 1.48. The van der Waals surface area contributed by atoms with Gasteiger partial charge in [0, 0.05) is 39.7 Å². The van der Waals surface area contributed by atoms with Crippen molar-refractivity contribution in [1.29, 1.82) is 0 Å². The summed E-state index contributed by atoms with van der Waals surface area (Å²) in [5, 5.41) is 7.91. The molecule has 0 aliphatic carbocycles. The molecule has 0 saturated carbocycles. The molecule has 0 radical (unpaired) electrons. The number of anilines is 1. The lowest BCUT2D eigenvalue weighted by molar-refractivity contribution is 0.0951. The molecule has 2 heterocycles. The van der Waals surface area contributed by atoms with Crippen molar-refractivity contribution in [3.8, 4) is 0 Å². The number of halogens is 1. The number of nitrogens with zero attached hydrogens (tertiary/aromatic N) is 2. The van der Waals surface area contributed by atoms with Gasteiger partial charge in [0.2, 0.25) is 0 Å². The maximum absolute atomic E-state index is 12.6. The molecule has 2 aromatic carbocycles. The zero-order valence-corrected chi connectivity index (χ0v) is 17.6. The van der Waals surface area contributed by atoms with Gasteiger partial charge >= 0.3 is 0 Å². The molecule has 0 fully saturated rings. The molecule has 0 bridgehead atoms. The van der Waals surface area contributed by atoms with Crippen molar-refractivity contribution in [1.82, 2.24) is 15.3 Å². The molecule has 1 amide bonds. The smallest absolute Gasteiger partial charge is 0.251 e. The average molecular weight is 438 g/mol. The van der Waals surface area contributed by atoms with Gasteiger partial charge in [0.15, 0.2) is 0 Å². The third-order valence-electron chi connectivity index (χ3n) is 4.61. The number of nitrogens with two attached hydrogens (primary N) is 1. The summed E-state index contributed by atoms with van der Waals surface area (Å²) in [6, 6.07) is 17.2. The van der Waals surface area contributed by atoms with Gasteiger partial charge in [-0.2, -0.15) is 0 Å². The van der Waals surface area contributed by atoms with Crippen LogP contribution in [0.2, 0.25) is 5.02 Å². The zero-order chi connectivity index (χ0) is 20.9. The first-order valence-corrected chi connectivity index (χ1v) is 10.6. The summed E-state index contributed by atoms with van der Waals surface area (Å²) in [4.78, 5) is 21.9. The lowest BCUT2D eigenvalue weighted by atomic mass is 10.1. The molecular weight excluding hydrogens is 418 g/mol. The molecule has 0 saturated heterocycles. The lowest BCUT2D eigenvalue weighted by Crippen LogP contribution is -2.22. The molecule has 4 N–H and O–H groups in total. The Morgan fingerprint density at radius 2 is 1.93 bits per heavy atom. The molecule has 4 rings (SSSR count). The maximum atomic E-state index is 12.6. The van der Waals surface area contributed by atoms with Crippen LogP contribution in [-0.2, 0) is 19.6 Å². The van der Waals surface area contributed by atoms with E-state index < -0.39 is 0 Å². The van der Waals surface area contributed by atoms with Gasteiger partial charge in [-0.3, -0.25) is 4.79 Å². The standard InChI is InChI=1S/C22H20ClN5OS/c23-21-17-6-1-2-7-18(17)30-19(21)12-26-22(29)15-5-3-4-14(8-15)11-25-20-9-16(10-24)27-13-28-20/h1-9,13H,10-12,24H2,(H,26,29)(H,25,27,28). The summed E-state index contributed by atoms with van der Waals surface area (Å²) >= 11 is 8.06. The molecule has 0 spiro atoms. The van der Waals surface area contributed by atoms with Crippen LogP contribution >= 0.6 is 22.9 Å². The first-order chi connectivity index (χ1) is 14.6. The predicted molar refractivity (Wildman–Crippen MR) is 122 cm³/mol. The van der Waals surface area contributed by atoms with Crippen molar-refractivity contribution in [2.24, 2.45) is 5.73 Å². The minimum absolute atomic E-state index is 0.141. The Bertz CT molecular complexity index is 1190. The Balaban J connectivity index is 1.40. The predicted octanol–water partition coefficient (Wildman–Crippen LogP) is 4.35. The van der Waals surface area contributed by atoms with E-state index >= 15 is 0 Å². The molecule has 0 unspecified atom stereocenters. The Labute approximate surface area is 183 Å². The van der Waals surface area contributed by atoms with Crippen molar-refractivity contribution in [3.63, 3.8) is 0 Å². The molecule has 6 nitrogen and oxygen atoms in total. The highest BCUT2D eigenvalue weighted by Crippen LogP contribution is 2.35. The fourth-order valence-electron chi connectivity index (χ4n) is 3.06. The number of aromatic nitrogens is 2. The zero-order valence-electron chi connectivity index (χ0n) is 16.1. The fraction of sp³-hybridized carbons (Fsp3) is 0.136. The highest BCUT2D eigenvalue weighted by atomic mass is 35.5. The fourth-order valence-corrected chi connectivity index (χ4v) is 4.50. The number of fused-ring (bicyclic) bond motifs is 1. The second-order valence-corrected chi connectivity index (χ2v) is 8.19. The molecule has 2 aromatic heterocycles. The van der Waals surface area contributed by atoms with Crippen molar-refractivity contribution in [2.45, 2.75) is 19.6 Å². The van der Waals surface area contributed by atoms with Crippen molar-refractivity contribution in [3.05, 3.63) is 87.6 Å². The van der Waals surface area contributed by atoms with Gasteiger partial charge in [-0.1, -0.05) is 41.9 Å². The Kier molecular flexibility index (Phi) is 6.23. The van der Waals surface area contributed by atoms with Gasteiger partial charge in [-0.05, 0) is 23.8 Å². The van der Waals surface area contributed by atoms with Crippen LogP contribution in [0, 0.1) is 0 Å². The topological polar surface area (TPSA) is 92.9 Å². The van der Waals surface area contributed by atoms with Crippen LogP contribution in [0.15, 0.2) is 60.9 Å². The molecule has 4 aromatic rings. The van der Waals surface area contributed by atoms with Crippen LogP contribution in [-0.4, -0.2) is 15.9 Å². The van der Waals surface area contributed by atoms with Gasteiger partial charge in [0.05, 0.1) is 17.3 Å². The summed E-state index contributed by atoms with van der Waals surface area (Å²) < 4.78 is 1.11. The van der Waals surface area contributed by atoms with Crippen molar-refractivity contribution in [2.75, 3.05) is 5.32 Å². The number of benzene rings is 2. The van der Waals surface area contributed by atoms with Crippen LogP contribution in [0.1, 0.15) is 26.5 Å². The number of nitrogens with one attached hydrogen (secondary N) is 2. The van der Waals surface area contributed by atoms with Crippen LogP contribution in [0.3, 0.4) is 0 Å². The second kappa shape index (κ2) is 9.21. The van der Waals surface area contributed by atoms with E-state index in [-0.39, 0.29) is 5.91 Å². The normalized spacial score (nSPS) is 10.9. The third kappa shape index (κ3) is 4.59. The average Bonchev–Trinajstić information content (AvgIpc) is 3.12. The van der Waals surface area contributed by atoms with E-state index in [1.54, 1.807) is 17.4 Å². The van der Waals surface area contributed by atoms with Gasteiger partial charge in [-0.15, -0.1) is 11.3 Å². The van der Waals surface area contributed by atoms with Crippen LogP contribution < -0.4 is 16.4 Å². The van der Waals surface area contributed by atoms with Crippen molar-refractivity contribution < 1.29 is 4.79 Å². The first-order valence-electron chi connectivity index (χ1n) is 9.42. The van der Waals surface area contributed by atoms with E-state index in [0.29, 0.717) is 36.0 Å². The maximum Gasteiger partial charge on any atom is 0.251 e. The van der Waals surface area contributed by atoms with Gasteiger partial charge in [0.1, 0.15) is 12.1 Å². The first kappa shape index (κ1) is 20.3.